The molecular weight excluding hydrogens is 204 g/mol. The number of thioether (sulfide) groups is 1. The molecule has 1 aromatic rings. The summed E-state index contributed by atoms with van der Waals surface area (Å²) in [6.07, 6.45) is 3.81. The molecule has 0 fully saturated rings. The van der Waals surface area contributed by atoms with Crippen LogP contribution in [-0.4, -0.2) is 11.4 Å². The zero-order chi connectivity index (χ0) is 11.3. The molecule has 0 heterocycles. The summed E-state index contributed by atoms with van der Waals surface area (Å²) in [7, 11) is 0. The highest BCUT2D eigenvalue weighted by Crippen LogP contribution is 2.28. The minimum absolute atomic E-state index is 0.309. The standard InChI is InChI=1S/C13H20OS/c1-4-10(5-2)13(14)11-6-8-12(15-3)9-7-11/h6-10,13-14H,4-5H2,1-3H3. The van der Waals surface area contributed by atoms with Crippen molar-refractivity contribution < 1.29 is 5.11 Å². The first kappa shape index (κ1) is 12.6. The fourth-order valence-electron chi connectivity index (χ4n) is 1.81. The molecule has 0 aliphatic heterocycles. The maximum Gasteiger partial charge on any atom is 0.0818 e. The molecule has 0 aliphatic rings. The van der Waals surface area contributed by atoms with Gasteiger partial charge in [0.25, 0.3) is 0 Å². The van der Waals surface area contributed by atoms with E-state index in [1.165, 1.54) is 4.90 Å². The van der Waals surface area contributed by atoms with Crippen molar-refractivity contribution >= 4 is 11.8 Å². The fourth-order valence-corrected chi connectivity index (χ4v) is 2.22. The molecule has 0 spiro atoms. The molecule has 1 N–H and O–H groups in total. The molecule has 0 amide bonds. The van der Waals surface area contributed by atoms with Crippen LogP contribution in [0.15, 0.2) is 29.2 Å². The number of rotatable bonds is 5. The Bertz CT molecular complexity index is 277. The summed E-state index contributed by atoms with van der Waals surface area (Å²) in [6, 6.07) is 8.22. The van der Waals surface area contributed by atoms with Gasteiger partial charge in [0, 0.05) is 4.90 Å². The second-order valence-electron chi connectivity index (χ2n) is 3.79. The van der Waals surface area contributed by atoms with Gasteiger partial charge in [0.2, 0.25) is 0 Å². The van der Waals surface area contributed by atoms with Gasteiger partial charge in [-0.25, -0.2) is 0 Å². The smallest absolute Gasteiger partial charge is 0.0818 e. The van der Waals surface area contributed by atoms with Gasteiger partial charge < -0.3 is 5.11 Å². The lowest BCUT2D eigenvalue weighted by molar-refractivity contribution is 0.103. The summed E-state index contributed by atoms with van der Waals surface area (Å²) >= 11 is 1.73. The number of hydrogen-bond acceptors (Lipinski definition) is 2. The van der Waals surface area contributed by atoms with Crippen molar-refractivity contribution in [2.75, 3.05) is 6.26 Å². The summed E-state index contributed by atoms with van der Waals surface area (Å²) in [5, 5.41) is 10.1. The maximum absolute atomic E-state index is 10.1. The van der Waals surface area contributed by atoms with Gasteiger partial charge in [0.05, 0.1) is 6.10 Å². The Morgan fingerprint density at radius 1 is 1.13 bits per heavy atom. The third-order valence-corrected chi connectivity index (χ3v) is 3.70. The van der Waals surface area contributed by atoms with E-state index in [-0.39, 0.29) is 6.10 Å². The SMILES string of the molecule is CCC(CC)C(O)c1ccc(SC)cc1. The first-order chi connectivity index (χ1) is 7.22. The minimum atomic E-state index is -0.309. The summed E-state index contributed by atoms with van der Waals surface area (Å²) < 4.78 is 0. The van der Waals surface area contributed by atoms with Crippen LogP contribution >= 0.6 is 11.8 Å². The Morgan fingerprint density at radius 3 is 2.07 bits per heavy atom. The van der Waals surface area contributed by atoms with Crippen LogP contribution in [0.5, 0.6) is 0 Å². The highest BCUT2D eigenvalue weighted by atomic mass is 32.2. The lowest BCUT2D eigenvalue weighted by Crippen LogP contribution is -2.10. The molecule has 0 bridgehead atoms. The van der Waals surface area contributed by atoms with E-state index in [1.54, 1.807) is 11.8 Å². The molecule has 1 rings (SSSR count). The highest BCUT2D eigenvalue weighted by Gasteiger charge is 2.16. The van der Waals surface area contributed by atoms with Gasteiger partial charge in [-0.3, -0.25) is 0 Å². The predicted molar refractivity (Wildman–Crippen MR) is 67.3 cm³/mol. The average Bonchev–Trinajstić information content (AvgIpc) is 2.30. The fraction of sp³-hybridized carbons (Fsp3) is 0.538. The third kappa shape index (κ3) is 3.25. The van der Waals surface area contributed by atoms with Gasteiger partial charge in [-0.05, 0) is 29.9 Å². The van der Waals surface area contributed by atoms with Gasteiger partial charge in [-0.2, -0.15) is 0 Å². The van der Waals surface area contributed by atoms with Gasteiger partial charge in [-0.1, -0.05) is 38.8 Å². The number of aliphatic hydroxyl groups is 1. The second kappa shape index (κ2) is 6.19. The Labute approximate surface area is 96.9 Å². The lowest BCUT2D eigenvalue weighted by atomic mass is 9.91. The normalized spacial score (nSPS) is 13.1. The van der Waals surface area contributed by atoms with Crippen molar-refractivity contribution in [2.24, 2.45) is 5.92 Å². The highest BCUT2D eigenvalue weighted by molar-refractivity contribution is 7.98. The zero-order valence-corrected chi connectivity index (χ0v) is 10.6. The molecule has 1 aromatic carbocycles. The molecule has 0 aliphatic carbocycles. The van der Waals surface area contributed by atoms with Crippen LogP contribution in [0.3, 0.4) is 0 Å². The van der Waals surface area contributed by atoms with Crippen molar-refractivity contribution in [1.29, 1.82) is 0 Å². The van der Waals surface area contributed by atoms with Crippen molar-refractivity contribution in [3.63, 3.8) is 0 Å². The Kier molecular flexibility index (Phi) is 5.20. The zero-order valence-electron chi connectivity index (χ0n) is 9.73. The van der Waals surface area contributed by atoms with E-state index in [4.69, 9.17) is 0 Å². The largest absolute Gasteiger partial charge is 0.388 e. The molecule has 2 heteroatoms. The summed E-state index contributed by atoms with van der Waals surface area (Å²) in [5.41, 5.74) is 1.04. The van der Waals surface area contributed by atoms with Gasteiger partial charge in [0.15, 0.2) is 0 Å². The first-order valence-corrected chi connectivity index (χ1v) is 6.77. The topological polar surface area (TPSA) is 20.2 Å². The van der Waals surface area contributed by atoms with Gasteiger partial charge in [0.1, 0.15) is 0 Å². The molecule has 0 aromatic heterocycles. The van der Waals surface area contributed by atoms with Crippen molar-refractivity contribution in [2.45, 2.75) is 37.7 Å². The quantitative estimate of drug-likeness (QED) is 0.766. The third-order valence-electron chi connectivity index (χ3n) is 2.95. The molecule has 0 radical (unpaired) electrons. The van der Waals surface area contributed by atoms with Gasteiger partial charge >= 0.3 is 0 Å². The second-order valence-corrected chi connectivity index (χ2v) is 4.67. The maximum atomic E-state index is 10.1. The van der Waals surface area contributed by atoms with Crippen LogP contribution in [0, 0.1) is 5.92 Å². The Balaban J connectivity index is 2.76. The van der Waals surface area contributed by atoms with Crippen LogP contribution in [-0.2, 0) is 0 Å². The van der Waals surface area contributed by atoms with Crippen LogP contribution in [0.25, 0.3) is 0 Å². The van der Waals surface area contributed by atoms with E-state index in [0.29, 0.717) is 5.92 Å². The molecule has 15 heavy (non-hydrogen) atoms. The minimum Gasteiger partial charge on any atom is -0.388 e. The Hall–Kier alpha value is -0.470. The van der Waals surface area contributed by atoms with Crippen LogP contribution < -0.4 is 0 Å². The molecule has 0 saturated heterocycles. The van der Waals surface area contributed by atoms with Crippen LogP contribution in [0.2, 0.25) is 0 Å². The monoisotopic (exact) mass is 224 g/mol. The number of aliphatic hydroxyl groups excluding tert-OH is 1. The molecule has 1 atom stereocenters. The van der Waals surface area contributed by atoms with E-state index < -0.39 is 0 Å². The van der Waals surface area contributed by atoms with Crippen LogP contribution in [0.4, 0.5) is 0 Å². The molecule has 0 saturated carbocycles. The number of hydrogen-bond donors (Lipinski definition) is 1. The van der Waals surface area contributed by atoms with E-state index in [9.17, 15) is 5.11 Å². The lowest BCUT2D eigenvalue weighted by Gasteiger charge is -2.20. The van der Waals surface area contributed by atoms with E-state index in [0.717, 1.165) is 18.4 Å². The van der Waals surface area contributed by atoms with Crippen molar-refractivity contribution in [3.8, 4) is 0 Å². The van der Waals surface area contributed by atoms with E-state index >= 15 is 0 Å². The predicted octanol–water partition coefficient (Wildman–Crippen LogP) is 3.88. The summed E-state index contributed by atoms with van der Waals surface area (Å²) in [6.45, 7) is 4.27. The summed E-state index contributed by atoms with van der Waals surface area (Å²) in [5.74, 6) is 0.380. The number of benzene rings is 1. The molecule has 84 valence electrons. The van der Waals surface area contributed by atoms with Crippen molar-refractivity contribution in [3.05, 3.63) is 29.8 Å². The van der Waals surface area contributed by atoms with Crippen LogP contribution in [0.1, 0.15) is 38.4 Å². The first-order valence-electron chi connectivity index (χ1n) is 5.54. The summed E-state index contributed by atoms with van der Waals surface area (Å²) in [4.78, 5) is 1.25. The van der Waals surface area contributed by atoms with Gasteiger partial charge in [-0.15, -0.1) is 11.8 Å². The average molecular weight is 224 g/mol. The Morgan fingerprint density at radius 2 is 1.67 bits per heavy atom. The molecular formula is C13H20OS. The molecule has 1 unspecified atom stereocenters. The molecule has 1 nitrogen and oxygen atoms in total. The van der Waals surface area contributed by atoms with E-state index in [2.05, 4.69) is 32.2 Å². The van der Waals surface area contributed by atoms with E-state index in [1.807, 2.05) is 12.1 Å². The van der Waals surface area contributed by atoms with Crippen molar-refractivity contribution in [1.82, 2.24) is 0 Å².